The Kier molecular flexibility index (Phi) is 5.15. The maximum Gasteiger partial charge on any atom is 0.335 e. The summed E-state index contributed by atoms with van der Waals surface area (Å²) in [6.07, 6.45) is 1.09. The zero-order chi connectivity index (χ0) is 16.3. The maximum atomic E-state index is 12.4. The monoisotopic (exact) mass is 306 g/mol. The van der Waals surface area contributed by atoms with Crippen LogP contribution in [0.5, 0.6) is 0 Å². The largest absolute Gasteiger partial charge is 0.478 e. The molecule has 1 saturated heterocycles. The number of carbonyl (C=O) groups excluding carboxylic acids is 1. The lowest BCUT2D eigenvalue weighted by atomic mass is 10.1. The van der Waals surface area contributed by atoms with Crippen molar-refractivity contribution >= 4 is 11.9 Å². The highest BCUT2D eigenvalue weighted by Gasteiger charge is 2.31. The van der Waals surface area contributed by atoms with Crippen molar-refractivity contribution in [3.05, 3.63) is 35.4 Å². The van der Waals surface area contributed by atoms with Crippen LogP contribution in [0.4, 0.5) is 0 Å². The molecule has 2 atom stereocenters. The molecule has 22 heavy (non-hydrogen) atoms. The van der Waals surface area contributed by atoms with E-state index in [4.69, 9.17) is 9.84 Å². The zero-order valence-corrected chi connectivity index (χ0v) is 13.2. The van der Waals surface area contributed by atoms with Gasteiger partial charge >= 0.3 is 5.97 Å². The fourth-order valence-corrected chi connectivity index (χ4v) is 2.82. The molecule has 0 saturated carbocycles. The van der Waals surface area contributed by atoms with Crippen molar-refractivity contribution in [1.82, 2.24) is 9.80 Å². The number of likely N-dealkylation sites (N-methyl/N-ethyl adjacent to an activating group) is 2. The third-order valence-electron chi connectivity index (χ3n) is 4.17. The Morgan fingerprint density at radius 2 is 2.09 bits per heavy atom. The summed E-state index contributed by atoms with van der Waals surface area (Å²) >= 11 is 0. The van der Waals surface area contributed by atoms with Crippen LogP contribution in [0.15, 0.2) is 24.3 Å². The lowest BCUT2D eigenvalue weighted by Crippen LogP contribution is -2.39. The Morgan fingerprint density at radius 1 is 1.41 bits per heavy atom. The Morgan fingerprint density at radius 3 is 2.68 bits per heavy atom. The summed E-state index contributed by atoms with van der Waals surface area (Å²) < 4.78 is 5.37. The number of carbonyl (C=O) groups is 2. The molecule has 120 valence electrons. The molecule has 6 nitrogen and oxygen atoms in total. The van der Waals surface area contributed by atoms with E-state index < -0.39 is 5.97 Å². The van der Waals surface area contributed by atoms with Crippen LogP contribution in [0.25, 0.3) is 0 Å². The molecule has 1 fully saturated rings. The lowest BCUT2D eigenvalue weighted by Gasteiger charge is -2.25. The first-order valence-electron chi connectivity index (χ1n) is 7.24. The Hall–Kier alpha value is -1.92. The molecule has 0 aliphatic carbocycles. The second-order valence-corrected chi connectivity index (χ2v) is 5.76. The van der Waals surface area contributed by atoms with Crippen LogP contribution in [0.1, 0.15) is 27.1 Å². The van der Waals surface area contributed by atoms with E-state index in [1.807, 2.05) is 7.05 Å². The number of likely N-dealkylation sites (tertiary alicyclic amines) is 1. The normalized spacial score (nSPS) is 21.8. The van der Waals surface area contributed by atoms with Gasteiger partial charge in [0.05, 0.1) is 11.7 Å². The van der Waals surface area contributed by atoms with Crippen LogP contribution in [0.3, 0.4) is 0 Å². The third kappa shape index (κ3) is 3.64. The molecule has 6 heteroatoms. The summed E-state index contributed by atoms with van der Waals surface area (Å²) in [6.45, 7) is 1.45. The number of hydrogen-bond acceptors (Lipinski definition) is 4. The van der Waals surface area contributed by atoms with E-state index in [9.17, 15) is 9.59 Å². The Labute approximate surface area is 130 Å². The smallest absolute Gasteiger partial charge is 0.335 e. The number of carboxylic acids is 1. The van der Waals surface area contributed by atoms with Crippen molar-refractivity contribution in [2.45, 2.75) is 18.6 Å². The van der Waals surface area contributed by atoms with Crippen molar-refractivity contribution in [3.63, 3.8) is 0 Å². The SMILES string of the molecule is CO[C@H]1C[C@@H](CN(C)C(=O)c2cccc(C(=O)O)c2)N(C)C1. The maximum absolute atomic E-state index is 12.4. The average molecular weight is 306 g/mol. The van der Waals surface area contributed by atoms with Crippen LogP contribution in [0.2, 0.25) is 0 Å². The predicted octanol–water partition coefficient (Wildman–Crippen LogP) is 1.18. The highest BCUT2D eigenvalue weighted by atomic mass is 16.5. The van der Waals surface area contributed by atoms with Crippen LogP contribution < -0.4 is 0 Å². The van der Waals surface area contributed by atoms with E-state index in [1.165, 1.54) is 12.1 Å². The van der Waals surface area contributed by atoms with Crippen LogP contribution in [-0.2, 0) is 4.74 Å². The molecule has 1 heterocycles. The second kappa shape index (κ2) is 6.89. The summed E-state index contributed by atoms with van der Waals surface area (Å²) in [5, 5.41) is 9.01. The lowest BCUT2D eigenvalue weighted by molar-refractivity contribution is 0.0697. The van der Waals surface area contributed by atoms with Gasteiger partial charge in [-0.15, -0.1) is 0 Å². The van der Waals surface area contributed by atoms with Gasteiger partial charge in [-0.3, -0.25) is 9.69 Å². The van der Waals surface area contributed by atoms with Gasteiger partial charge in [-0.1, -0.05) is 6.07 Å². The predicted molar refractivity (Wildman–Crippen MR) is 82.2 cm³/mol. The minimum atomic E-state index is -1.03. The van der Waals surface area contributed by atoms with Gasteiger partial charge in [-0.05, 0) is 31.7 Å². The highest BCUT2D eigenvalue weighted by molar-refractivity contribution is 5.97. The molecule has 1 N–H and O–H groups in total. The molecule has 1 aliphatic heterocycles. The topological polar surface area (TPSA) is 70.1 Å². The summed E-state index contributed by atoms with van der Waals surface area (Å²) in [5.74, 6) is -1.20. The Bertz CT molecular complexity index is 561. The van der Waals surface area contributed by atoms with Crippen molar-refractivity contribution < 1.29 is 19.4 Å². The van der Waals surface area contributed by atoms with Gasteiger partial charge in [0.15, 0.2) is 0 Å². The zero-order valence-electron chi connectivity index (χ0n) is 13.2. The molecule has 1 aromatic carbocycles. The molecule has 0 aromatic heterocycles. The van der Waals surface area contributed by atoms with Gasteiger partial charge in [0.2, 0.25) is 0 Å². The van der Waals surface area contributed by atoms with Gasteiger partial charge in [-0.25, -0.2) is 4.79 Å². The van der Waals surface area contributed by atoms with Gasteiger partial charge in [0, 0.05) is 38.9 Å². The number of hydrogen-bond donors (Lipinski definition) is 1. The van der Waals surface area contributed by atoms with E-state index in [-0.39, 0.29) is 23.6 Å². The van der Waals surface area contributed by atoms with Gasteiger partial charge in [0.1, 0.15) is 0 Å². The first-order valence-corrected chi connectivity index (χ1v) is 7.24. The fraction of sp³-hybridized carbons (Fsp3) is 0.500. The first kappa shape index (κ1) is 16.5. The third-order valence-corrected chi connectivity index (χ3v) is 4.17. The quantitative estimate of drug-likeness (QED) is 0.884. The van der Waals surface area contributed by atoms with Gasteiger partial charge < -0.3 is 14.7 Å². The molecule has 0 bridgehead atoms. The fourth-order valence-electron chi connectivity index (χ4n) is 2.82. The van der Waals surface area contributed by atoms with Crippen molar-refractivity contribution in [1.29, 1.82) is 0 Å². The summed E-state index contributed by atoms with van der Waals surface area (Å²) in [5.41, 5.74) is 0.517. The van der Waals surface area contributed by atoms with Crippen molar-refractivity contribution in [2.75, 3.05) is 34.3 Å². The molecule has 0 unspecified atom stereocenters. The molecule has 1 aliphatic rings. The van der Waals surface area contributed by atoms with Crippen LogP contribution in [0, 0.1) is 0 Å². The molecular formula is C16H22N2O4. The average Bonchev–Trinajstić information content (AvgIpc) is 2.86. The minimum absolute atomic E-state index is 0.122. The molecule has 1 amide bonds. The number of carboxylic acid groups (broad SMARTS) is 1. The number of rotatable bonds is 5. The van der Waals surface area contributed by atoms with Crippen LogP contribution >= 0.6 is 0 Å². The number of aromatic carboxylic acids is 1. The standard InChI is InChI=1S/C16H22N2O4/c1-17-10-14(22-3)8-13(17)9-18(2)15(19)11-5-4-6-12(7-11)16(20)21/h4-7,13-14H,8-10H2,1-3H3,(H,20,21)/t13-,14-/m0/s1. The van der Waals surface area contributed by atoms with Gasteiger partial charge in [-0.2, -0.15) is 0 Å². The molecule has 0 radical (unpaired) electrons. The van der Waals surface area contributed by atoms with E-state index in [1.54, 1.807) is 31.2 Å². The number of benzene rings is 1. The van der Waals surface area contributed by atoms with Crippen molar-refractivity contribution in [2.24, 2.45) is 0 Å². The highest BCUT2D eigenvalue weighted by Crippen LogP contribution is 2.19. The molecule has 2 rings (SSSR count). The second-order valence-electron chi connectivity index (χ2n) is 5.76. The number of nitrogens with zero attached hydrogens (tertiary/aromatic N) is 2. The van der Waals surface area contributed by atoms with Gasteiger partial charge in [0.25, 0.3) is 5.91 Å². The van der Waals surface area contributed by atoms with E-state index in [0.29, 0.717) is 12.1 Å². The minimum Gasteiger partial charge on any atom is -0.478 e. The molecule has 1 aromatic rings. The Balaban J connectivity index is 2.03. The van der Waals surface area contributed by atoms with E-state index in [0.717, 1.165) is 13.0 Å². The van der Waals surface area contributed by atoms with Crippen LogP contribution in [-0.4, -0.2) is 73.2 Å². The number of methoxy groups -OCH3 is 1. The molecular weight excluding hydrogens is 284 g/mol. The number of amides is 1. The first-order chi connectivity index (χ1) is 10.4. The number of ether oxygens (including phenoxy) is 1. The van der Waals surface area contributed by atoms with E-state index >= 15 is 0 Å². The summed E-state index contributed by atoms with van der Waals surface area (Å²) in [6, 6.07) is 6.38. The molecule has 0 spiro atoms. The summed E-state index contributed by atoms with van der Waals surface area (Å²) in [7, 11) is 5.46. The summed E-state index contributed by atoms with van der Waals surface area (Å²) in [4.78, 5) is 27.3. The van der Waals surface area contributed by atoms with E-state index in [2.05, 4.69) is 4.90 Å². The van der Waals surface area contributed by atoms with Crippen molar-refractivity contribution in [3.8, 4) is 0 Å².